The lowest BCUT2D eigenvalue weighted by molar-refractivity contribution is -0.385. The van der Waals surface area contributed by atoms with Gasteiger partial charge < -0.3 is 5.32 Å². The monoisotopic (exact) mass is 381 g/mol. The van der Waals surface area contributed by atoms with Gasteiger partial charge >= 0.3 is 6.18 Å². The fraction of sp³-hybridized carbons (Fsp3) is 0.571. The summed E-state index contributed by atoms with van der Waals surface area (Å²) in [5, 5.41) is 13.8. The minimum atomic E-state index is -5.03. The van der Waals surface area contributed by atoms with Crippen molar-refractivity contribution in [3.63, 3.8) is 0 Å². The van der Waals surface area contributed by atoms with Crippen molar-refractivity contribution in [2.45, 2.75) is 30.8 Å². The molecule has 140 valence electrons. The molecule has 1 fully saturated rings. The van der Waals surface area contributed by atoms with Gasteiger partial charge in [-0.3, -0.25) is 10.1 Å². The number of nitro groups is 1. The third-order valence-corrected chi connectivity index (χ3v) is 5.73. The van der Waals surface area contributed by atoms with E-state index in [1.807, 2.05) is 6.92 Å². The minimum absolute atomic E-state index is 0.00863. The molecular weight excluding hydrogens is 363 g/mol. The molecule has 1 aliphatic heterocycles. The predicted molar refractivity (Wildman–Crippen MR) is 83.5 cm³/mol. The van der Waals surface area contributed by atoms with E-state index in [0.29, 0.717) is 32.0 Å². The van der Waals surface area contributed by atoms with Crippen LogP contribution < -0.4 is 10.0 Å². The molecular formula is C14H18F3N3O4S. The zero-order valence-electron chi connectivity index (χ0n) is 13.4. The van der Waals surface area contributed by atoms with Crippen molar-refractivity contribution in [2.24, 2.45) is 5.41 Å². The average molecular weight is 381 g/mol. The molecule has 0 saturated carbocycles. The van der Waals surface area contributed by atoms with Gasteiger partial charge in [0.15, 0.2) is 0 Å². The van der Waals surface area contributed by atoms with Crippen molar-refractivity contribution in [1.29, 1.82) is 0 Å². The zero-order valence-corrected chi connectivity index (χ0v) is 14.2. The normalized spacial score (nSPS) is 18.1. The van der Waals surface area contributed by atoms with Crippen molar-refractivity contribution in [3.8, 4) is 0 Å². The van der Waals surface area contributed by atoms with Crippen LogP contribution in [-0.4, -0.2) is 33.0 Å². The number of nitrogens with one attached hydrogen (secondary N) is 2. The molecule has 0 radical (unpaired) electrons. The maximum Gasteiger partial charge on any atom is 0.417 e. The standard InChI is InChI=1S/C14H18F3N3O4S/c1-13(4-6-18-7-5-13)9-19-25(23,24)12-3-2-10(20(21)22)8-11(12)14(15,16)17/h2-3,8,18-19H,4-7,9H2,1H3. The van der Waals surface area contributed by atoms with Crippen LogP contribution >= 0.6 is 0 Å². The van der Waals surface area contributed by atoms with Crippen molar-refractivity contribution < 1.29 is 26.5 Å². The Morgan fingerprint density at radius 2 is 1.92 bits per heavy atom. The highest BCUT2D eigenvalue weighted by Gasteiger charge is 2.39. The highest BCUT2D eigenvalue weighted by Crippen LogP contribution is 2.36. The van der Waals surface area contributed by atoms with Crippen molar-refractivity contribution in [2.75, 3.05) is 19.6 Å². The smallest absolute Gasteiger partial charge is 0.317 e. The van der Waals surface area contributed by atoms with E-state index >= 15 is 0 Å². The molecule has 25 heavy (non-hydrogen) atoms. The van der Waals surface area contributed by atoms with Gasteiger partial charge in [-0.1, -0.05) is 6.92 Å². The van der Waals surface area contributed by atoms with Crippen LogP contribution in [0.25, 0.3) is 0 Å². The van der Waals surface area contributed by atoms with Gasteiger partial charge in [0, 0.05) is 18.7 Å². The van der Waals surface area contributed by atoms with Gasteiger partial charge in [0.2, 0.25) is 10.0 Å². The van der Waals surface area contributed by atoms with Crippen LogP contribution in [0.1, 0.15) is 25.3 Å². The van der Waals surface area contributed by atoms with E-state index < -0.39 is 37.3 Å². The molecule has 11 heteroatoms. The van der Waals surface area contributed by atoms with Gasteiger partial charge in [-0.15, -0.1) is 0 Å². The van der Waals surface area contributed by atoms with Gasteiger partial charge in [0.05, 0.1) is 15.4 Å². The maximum atomic E-state index is 13.2. The molecule has 2 N–H and O–H groups in total. The van der Waals surface area contributed by atoms with Gasteiger partial charge in [-0.25, -0.2) is 13.1 Å². The largest absolute Gasteiger partial charge is 0.417 e. The molecule has 1 aromatic rings. The molecule has 0 unspecified atom stereocenters. The SMILES string of the molecule is CC1(CNS(=O)(=O)c2ccc([N+](=O)[O-])cc2C(F)(F)F)CCNCC1. The van der Waals surface area contributed by atoms with Crippen LogP contribution in [0.5, 0.6) is 0 Å². The molecule has 1 saturated heterocycles. The first kappa shape index (κ1) is 19.6. The highest BCUT2D eigenvalue weighted by atomic mass is 32.2. The van der Waals surface area contributed by atoms with E-state index in [1.165, 1.54) is 0 Å². The molecule has 1 heterocycles. The van der Waals surface area contributed by atoms with E-state index in [1.54, 1.807) is 0 Å². The number of alkyl halides is 3. The first-order valence-corrected chi connectivity index (χ1v) is 8.99. The molecule has 0 spiro atoms. The van der Waals surface area contributed by atoms with E-state index in [2.05, 4.69) is 10.0 Å². The van der Waals surface area contributed by atoms with Gasteiger partial charge in [0.25, 0.3) is 5.69 Å². The second-order valence-electron chi connectivity index (χ2n) is 6.32. The van der Waals surface area contributed by atoms with E-state index in [4.69, 9.17) is 0 Å². The third kappa shape index (κ3) is 4.67. The summed E-state index contributed by atoms with van der Waals surface area (Å²) < 4.78 is 66.5. The summed E-state index contributed by atoms with van der Waals surface area (Å²) in [7, 11) is -4.47. The van der Waals surface area contributed by atoms with Gasteiger partial charge in [-0.2, -0.15) is 13.2 Å². The molecule has 0 bridgehead atoms. The summed E-state index contributed by atoms with van der Waals surface area (Å²) in [6.07, 6.45) is -3.67. The summed E-state index contributed by atoms with van der Waals surface area (Å²) >= 11 is 0. The highest BCUT2D eigenvalue weighted by molar-refractivity contribution is 7.89. The van der Waals surface area contributed by atoms with E-state index in [-0.39, 0.29) is 18.0 Å². The maximum absolute atomic E-state index is 13.2. The first-order chi connectivity index (χ1) is 11.4. The summed E-state index contributed by atoms with van der Waals surface area (Å²) in [6, 6.07) is 1.60. The van der Waals surface area contributed by atoms with Crippen molar-refractivity contribution in [1.82, 2.24) is 10.0 Å². The number of hydrogen-bond donors (Lipinski definition) is 2. The van der Waals surface area contributed by atoms with Crippen molar-refractivity contribution in [3.05, 3.63) is 33.9 Å². The predicted octanol–water partition coefficient (Wildman–Crippen LogP) is 2.28. The van der Waals surface area contributed by atoms with E-state index in [9.17, 15) is 31.7 Å². The Kier molecular flexibility index (Phi) is 5.40. The Hall–Kier alpha value is -1.72. The summed E-state index contributed by atoms with van der Waals surface area (Å²) in [4.78, 5) is 8.67. The number of hydrogen-bond acceptors (Lipinski definition) is 5. The number of halogens is 3. The Morgan fingerprint density at radius 3 is 2.44 bits per heavy atom. The first-order valence-electron chi connectivity index (χ1n) is 7.51. The lowest BCUT2D eigenvalue weighted by atomic mass is 9.81. The Bertz CT molecular complexity index is 759. The quantitative estimate of drug-likeness (QED) is 0.602. The lowest BCUT2D eigenvalue weighted by Gasteiger charge is -2.34. The summed E-state index contributed by atoms with van der Waals surface area (Å²) in [6.45, 7) is 3.25. The average Bonchev–Trinajstić information content (AvgIpc) is 2.52. The molecule has 0 amide bonds. The fourth-order valence-corrected chi connectivity index (χ4v) is 4.05. The van der Waals surface area contributed by atoms with Gasteiger partial charge in [-0.05, 0) is 37.4 Å². The number of sulfonamides is 1. The van der Waals surface area contributed by atoms with Crippen LogP contribution in [0, 0.1) is 15.5 Å². The molecule has 0 aromatic heterocycles. The topological polar surface area (TPSA) is 101 Å². The minimum Gasteiger partial charge on any atom is -0.317 e. The fourth-order valence-electron chi connectivity index (χ4n) is 2.64. The Balaban J connectivity index is 2.33. The van der Waals surface area contributed by atoms with Crippen LogP contribution in [0.2, 0.25) is 0 Å². The third-order valence-electron chi connectivity index (χ3n) is 4.27. The number of piperidine rings is 1. The van der Waals surface area contributed by atoms with Crippen LogP contribution in [0.15, 0.2) is 23.1 Å². The van der Waals surface area contributed by atoms with Crippen LogP contribution in [-0.2, 0) is 16.2 Å². The number of non-ortho nitro benzene ring substituents is 1. The number of nitro benzene ring substituents is 1. The van der Waals surface area contributed by atoms with Crippen molar-refractivity contribution >= 4 is 15.7 Å². The molecule has 1 aliphatic rings. The van der Waals surface area contributed by atoms with Gasteiger partial charge in [0.1, 0.15) is 0 Å². The number of rotatable bonds is 5. The zero-order chi connectivity index (χ0) is 18.9. The van der Waals surface area contributed by atoms with Crippen LogP contribution in [0.4, 0.5) is 18.9 Å². The molecule has 0 aliphatic carbocycles. The molecule has 1 aromatic carbocycles. The molecule has 0 atom stereocenters. The second-order valence-corrected chi connectivity index (χ2v) is 8.06. The molecule has 7 nitrogen and oxygen atoms in total. The van der Waals surface area contributed by atoms with E-state index in [0.717, 1.165) is 6.07 Å². The number of nitrogens with zero attached hydrogens (tertiary/aromatic N) is 1. The Morgan fingerprint density at radius 1 is 1.32 bits per heavy atom. The molecule has 2 rings (SSSR count). The summed E-state index contributed by atoms with van der Waals surface area (Å²) in [5.41, 5.74) is -2.74. The number of benzene rings is 1. The lowest BCUT2D eigenvalue weighted by Crippen LogP contribution is -2.43. The summed E-state index contributed by atoms with van der Waals surface area (Å²) in [5.74, 6) is 0. The Labute approximate surface area is 142 Å². The second kappa shape index (κ2) is 6.89. The van der Waals surface area contributed by atoms with Crippen LogP contribution in [0.3, 0.4) is 0 Å².